The van der Waals surface area contributed by atoms with Crippen molar-refractivity contribution in [2.24, 2.45) is 0 Å². The second kappa shape index (κ2) is 7.19. The average molecular weight is 232 g/mol. The van der Waals surface area contributed by atoms with Crippen LogP contribution in [0.25, 0.3) is 0 Å². The summed E-state index contributed by atoms with van der Waals surface area (Å²) >= 11 is 0. The van der Waals surface area contributed by atoms with Crippen LogP contribution in [0.4, 0.5) is 0 Å². The lowest BCUT2D eigenvalue weighted by molar-refractivity contribution is -0.145. The Labute approximate surface area is 95.6 Å². The molecule has 0 saturated carbocycles. The van der Waals surface area contributed by atoms with Crippen LogP contribution in [0.1, 0.15) is 13.8 Å². The summed E-state index contributed by atoms with van der Waals surface area (Å²) in [4.78, 5) is 24.0. The number of hydrogen-bond acceptors (Lipinski definition) is 5. The molecule has 0 aliphatic carbocycles. The van der Waals surface area contributed by atoms with Crippen molar-refractivity contribution in [3.63, 3.8) is 0 Å². The second-order valence-corrected chi connectivity index (χ2v) is 3.85. The van der Waals surface area contributed by atoms with Gasteiger partial charge in [-0.25, -0.2) is 4.79 Å². The minimum Gasteiger partial charge on any atom is -0.467 e. The molecular weight excluding hydrogens is 212 g/mol. The fraction of sp³-hybridized carbons (Fsp3) is 0.800. The zero-order chi connectivity index (χ0) is 12.7. The monoisotopic (exact) mass is 232 g/mol. The molecule has 16 heavy (non-hydrogen) atoms. The maximum absolute atomic E-state index is 11.3. The average Bonchev–Trinajstić information content (AvgIpc) is 2.13. The molecule has 0 spiro atoms. The molecular formula is C10H20N2O4. The first-order valence-corrected chi connectivity index (χ1v) is 5.08. The number of ether oxygens (including phenoxy) is 1. The third kappa shape index (κ3) is 6.36. The molecule has 0 aliphatic heterocycles. The van der Waals surface area contributed by atoms with E-state index >= 15 is 0 Å². The summed E-state index contributed by atoms with van der Waals surface area (Å²) in [7, 11) is 3.02. The van der Waals surface area contributed by atoms with E-state index in [-0.39, 0.29) is 5.91 Å². The largest absolute Gasteiger partial charge is 0.467 e. The molecule has 6 heteroatoms. The van der Waals surface area contributed by atoms with Crippen LogP contribution >= 0.6 is 0 Å². The molecule has 0 bridgehead atoms. The zero-order valence-electron chi connectivity index (χ0n) is 10.2. The topological polar surface area (TPSA) is 78.9 Å². The van der Waals surface area contributed by atoms with Gasteiger partial charge in [0, 0.05) is 20.0 Å². The molecule has 0 aliphatic rings. The van der Waals surface area contributed by atoms with E-state index < -0.39 is 18.1 Å². The highest BCUT2D eigenvalue weighted by Gasteiger charge is 2.22. The first kappa shape index (κ1) is 14.9. The summed E-state index contributed by atoms with van der Waals surface area (Å²) in [6.07, 6.45) is -0.486. The van der Waals surface area contributed by atoms with Gasteiger partial charge >= 0.3 is 5.97 Å². The first-order valence-electron chi connectivity index (χ1n) is 5.08. The fourth-order valence-electron chi connectivity index (χ4n) is 1.40. The molecule has 6 nitrogen and oxygen atoms in total. The molecule has 0 aromatic carbocycles. The van der Waals surface area contributed by atoms with Crippen molar-refractivity contribution in [2.75, 3.05) is 27.2 Å². The second-order valence-electron chi connectivity index (χ2n) is 3.85. The Morgan fingerprint density at radius 1 is 1.44 bits per heavy atom. The summed E-state index contributed by atoms with van der Waals surface area (Å²) in [6.45, 7) is 3.72. The Kier molecular flexibility index (Phi) is 6.67. The maximum Gasteiger partial charge on any atom is 0.329 e. The van der Waals surface area contributed by atoms with Crippen molar-refractivity contribution in [3.05, 3.63) is 0 Å². The number of carbonyl (C=O) groups is 2. The summed E-state index contributed by atoms with van der Waals surface area (Å²) in [5, 5.41) is 11.7. The van der Waals surface area contributed by atoms with Crippen molar-refractivity contribution in [1.82, 2.24) is 10.2 Å². The smallest absolute Gasteiger partial charge is 0.329 e. The van der Waals surface area contributed by atoms with Crippen molar-refractivity contribution in [1.29, 1.82) is 0 Å². The first-order chi connectivity index (χ1) is 7.36. The van der Waals surface area contributed by atoms with Crippen LogP contribution in [0.5, 0.6) is 0 Å². The number of hydrogen-bond donors (Lipinski definition) is 2. The Morgan fingerprint density at radius 2 is 2.00 bits per heavy atom. The zero-order valence-corrected chi connectivity index (χ0v) is 10.2. The van der Waals surface area contributed by atoms with Crippen molar-refractivity contribution < 1.29 is 19.4 Å². The quantitative estimate of drug-likeness (QED) is 0.573. The number of rotatable bonds is 6. The molecule has 0 radical (unpaired) electrons. The molecule has 2 atom stereocenters. The number of amides is 1. The van der Waals surface area contributed by atoms with E-state index in [2.05, 4.69) is 10.1 Å². The fourth-order valence-corrected chi connectivity index (χ4v) is 1.40. The van der Waals surface area contributed by atoms with Crippen LogP contribution in [0.3, 0.4) is 0 Å². The predicted molar refractivity (Wildman–Crippen MR) is 58.8 cm³/mol. The minimum atomic E-state index is -0.703. The molecule has 0 aromatic heterocycles. The van der Waals surface area contributed by atoms with Crippen LogP contribution in [0.2, 0.25) is 0 Å². The lowest BCUT2D eigenvalue weighted by Crippen LogP contribution is -2.48. The summed E-state index contributed by atoms with van der Waals surface area (Å²) in [5.41, 5.74) is 0. The van der Waals surface area contributed by atoms with E-state index in [1.165, 1.54) is 14.0 Å². The molecule has 1 amide bonds. The van der Waals surface area contributed by atoms with Gasteiger partial charge in [0.05, 0.1) is 13.2 Å². The third-order valence-corrected chi connectivity index (χ3v) is 1.93. The number of aliphatic hydroxyl groups is 1. The Hall–Kier alpha value is -1.14. The van der Waals surface area contributed by atoms with E-state index in [4.69, 9.17) is 5.11 Å². The van der Waals surface area contributed by atoms with Gasteiger partial charge < -0.3 is 20.1 Å². The third-order valence-electron chi connectivity index (χ3n) is 1.93. The number of nitrogens with zero attached hydrogens (tertiary/aromatic N) is 1. The molecule has 0 aromatic rings. The van der Waals surface area contributed by atoms with Crippen molar-refractivity contribution >= 4 is 11.9 Å². The van der Waals surface area contributed by atoms with E-state index in [0.717, 1.165) is 0 Å². The van der Waals surface area contributed by atoms with E-state index in [1.807, 2.05) is 0 Å². The van der Waals surface area contributed by atoms with Crippen LogP contribution in [0, 0.1) is 0 Å². The number of aliphatic hydroxyl groups excluding tert-OH is 1. The lowest BCUT2D eigenvalue weighted by Gasteiger charge is -2.23. The Balaban J connectivity index is 4.30. The van der Waals surface area contributed by atoms with Gasteiger partial charge in [0.25, 0.3) is 0 Å². The molecule has 2 N–H and O–H groups in total. The number of likely N-dealkylation sites (N-methyl/N-ethyl adjacent to an activating group) is 1. The van der Waals surface area contributed by atoms with Crippen molar-refractivity contribution in [2.45, 2.75) is 26.0 Å². The minimum absolute atomic E-state index is 0.291. The van der Waals surface area contributed by atoms with E-state index in [0.29, 0.717) is 13.1 Å². The van der Waals surface area contributed by atoms with Crippen molar-refractivity contribution in [3.8, 4) is 0 Å². The van der Waals surface area contributed by atoms with Gasteiger partial charge in [-0.3, -0.25) is 4.79 Å². The number of methoxy groups -OCH3 is 1. The Morgan fingerprint density at radius 3 is 2.38 bits per heavy atom. The van der Waals surface area contributed by atoms with Gasteiger partial charge in [-0.05, 0) is 14.0 Å². The SMILES string of the molecule is COC(=O)C(CN(C)CC(C)O)NC(C)=O. The van der Waals surface area contributed by atoms with Gasteiger partial charge in [-0.1, -0.05) is 0 Å². The van der Waals surface area contributed by atoms with Gasteiger partial charge in [0.1, 0.15) is 6.04 Å². The Bertz CT molecular complexity index is 243. The lowest BCUT2D eigenvalue weighted by atomic mass is 10.2. The van der Waals surface area contributed by atoms with Crippen LogP contribution in [0.15, 0.2) is 0 Å². The summed E-state index contributed by atoms with van der Waals surface area (Å²) in [6, 6.07) is -0.703. The highest BCUT2D eigenvalue weighted by atomic mass is 16.5. The standard InChI is InChI=1S/C10H20N2O4/c1-7(13)5-12(3)6-9(10(15)16-4)11-8(2)14/h7,9,13H,5-6H2,1-4H3,(H,11,14). The van der Waals surface area contributed by atoms with Gasteiger partial charge in [-0.15, -0.1) is 0 Å². The van der Waals surface area contributed by atoms with Gasteiger partial charge in [0.15, 0.2) is 0 Å². The van der Waals surface area contributed by atoms with Gasteiger partial charge in [-0.2, -0.15) is 0 Å². The van der Waals surface area contributed by atoms with E-state index in [1.54, 1.807) is 18.9 Å². The number of esters is 1. The molecule has 94 valence electrons. The van der Waals surface area contributed by atoms with Gasteiger partial charge in [0.2, 0.25) is 5.91 Å². The maximum atomic E-state index is 11.3. The molecule has 0 heterocycles. The van der Waals surface area contributed by atoms with Crippen LogP contribution < -0.4 is 5.32 Å². The summed E-state index contributed by atoms with van der Waals surface area (Å²) in [5.74, 6) is -0.784. The molecule has 0 fully saturated rings. The number of nitrogens with one attached hydrogen (secondary N) is 1. The summed E-state index contributed by atoms with van der Waals surface area (Å²) < 4.78 is 4.58. The highest BCUT2D eigenvalue weighted by Crippen LogP contribution is 1.95. The number of carbonyl (C=O) groups excluding carboxylic acids is 2. The highest BCUT2D eigenvalue weighted by molar-refractivity contribution is 5.83. The van der Waals surface area contributed by atoms with Crippen LogP contribution in [-0.4, -0.2) is 61.3 Å². The van der Waals surface area contributed by atoms with E-state index in [9.17, 15) is 9.59 Å². The van der Waals surface area contributed by atoms with Crippen LogP contribution in [-0.2, 0) is 14.3 Å². The normalized spacial score (nSPS) is 14.4. The predicted octanol–water partition coefficient (Wildman–Crippen LogP) is -1.02. The molecule has 0 rings (SSSR count). The molecule has 0 saturated heterocycles. The molecule has 2 unspecified atom stereocenters.